The number of fused-ring (bicyclic) bond motifs is 1. The van der Waals surface area contributed by atoms with E-state index in [2.05, 4.69) is 93.5 Å². The number of aromatic amines is 1. The van der Waals surface area contributed by atoms with Crippen molar-refractivity contribution >= 4 is 16.6 Å². The molecule has 0 radical (unpaired) electrons. The van der Waals surface area contributed by atoms with Crippen LogP contribution in [0.1, 0.15) is 46.6 Å². The zero-order valence-corrected chi connectivity index (χ0v) is 24.0. The predicted molar refractivity (Wildman–Crippen MR) is 163 cm³/mol. The molecule has 8 heteroatoms. The second kappa shape index (κ2) is 11.7. The first-order valence-electron chi connectivity index (χ1n) is 14.5. The summed E-state index contributed by atoms with van der Waals surface area (Å²) in [6.45, 7) is 10.4. The van der Waals surface area contributed by atoms with Crippen LogP contribution in [0.3, 0.4) is 0 Å². The molecule has 3 aromatic carbocycles. The molecular formula is C33H37N7O. The van der Waals surface area contributed by atoms with E-state index in [1.54, 1.807) is 0 Å². The molecule has 8 nitrogen and oxygen atoms in total. The largest absolute Gasteiger partial charge is 0.369 e. The fourth-order valence-corrected chi connectivity index (χ4v) is 5.92. The summed E-state index contributed by atoms with van der Waals surface area (Å²) >= 11 is 0. The normalized spacial score (nSPS) is 15.0. The fraction of sp³-hybridized carbons (Fsp3) is 0.333. The molecule has 1 aliphatic rings. The maximum atomic E-state index is 13.7. The maximum absolute atomic E-state index is 13.7. The third-order valence-electron chi connectivity index (χ3n) is 8.28. The van der Waals surface area contributed by atoms with Crippen LogP contribution in [0.2, 0.25) is 0 Å². The molecule has 0 spiro atoms. The molecule has 0 bridgehead atoms. The van der Waals surface area contributed by atoms with Gasteiger partial charge in [-0.25, -0.2) is 4.68 Å². The number of nitrogens with one attached hydrogen (secondary N) is 1. The third-order valence-corrected chi connectivity index (χ3v) is 8.28. The number of rotatable bonds is 8. The number of H-pyrrole nitrogens is 1. The first-order valence-corrected chi connectivity index (χ1v) is 14.5. The molecule has 1 fully saturated rings. The molecule has 5 aromatic rings. The van der Waals surface area contributed by atoms with Crippen LogP contribution in [0.4, 0.5) is 5.69 Å². The monoisotopic (exact) mass is 547 g/mol. The zero-order chi connectivity index (χ0) is 28.3. The molecule has 0 unspecified atom stereocenters. The molecule has 41 heavy (non-hydrogen) atoms. The number of piperazine rings is 1. The molecule has 0 saturated carbocycles. The molecule has 6 rings (SSSR count). The average molecular weight is 548 g/mol. The number of hydrogen-bond acceptors (Lipinski definition) is 6. The Hall–Kier alpha value is -4.30. The number of tetrazole rings is 1. The van der Waals surface area contributed by atoms with Gasteiger partial charge in [-0.3, -0.25) is 9.69 Å². The third kappa shape index (κ3) is 5.65. The van der Waals surface area contributed by atoms with E-state index >= 15 is 0 Å². The Morgan fingerprint density at radius 2 is 1.71 bits per heavy atom. The van der Waals surface area contributed by atoms with E-state index in [1.807, 2.05) is 35.0 Å². The summed E-state index contributed by atoms with van der Waals surface area (Å²) in [4.78, 5) is 21.6. The maximum Gasteiger partial charge on any atom is 0.253 e. The number of nitrogens with zero attached hydrogens (tertiary/aromatic N) is 6. The quantitative estimate of drug-likeness (QED) is 0.299. The van der Waals surface area contributed by atoms with Crippen LogP contribution in [0.15, 0.2) is 77.6 Å². The molecule has 2 aromatic heterocycles. The number of benzene rings is 3. The van der Waals surface area contributed by atoms with Gasteiger partial charge in [-0.2, -0.15) is 0 Å². The van der Waals surface area contributed by atoms with E-state index in [0.29, 0.717) is 17.9 Å². The van der Waals surface area contributed by atoms with Gasteiger partial charge < -0.3 is 9.88 Å². The lowest BCUT2D eigenvalue weighted by molar-refractivity contribution is 0.199. The van der Waals surface area contributed by atoms with Crippen LogP contribution in [0, 0.1) is 13.8 Å². The predicted octanol–water partition coefficient (Wildman–Crippen LogP) is 4.85. The summed E-state index contributed by atoms with van der Waals surface area (Å²) in [6, 6.07) is 24.9. The summed E-state index contributed by atoms with van der Waals surface area (Å²) < 4.78 is 1.88. The highest BCUT2D eigenvalue weighted by Gasteiger charge is 2.33. The summed E-state index contributed by atoms with van der Waals surface area (Å²) in [5, 5.41) is 14.0. The van der Waals surface area contributed by atoms with Gasteiger partial charge >= 0.3 is 0 Å². The topological polar surface area (TPSA) is 82.9 Å². The van der Waals surface area contributed by atoms with Crippen molar-refractivity contribution in [3.63, 3.8) is 0 Å². The van der Waals surface area contributed by atoms with Crippen molar-refractivity contribution in [2.24, 2.45) is 0 Å². The van der Waals surface area contributed by atoms with Crippen LogP contribution in [0.5, 0.6) is 0 Å². The van der Waals surface area contributed by atoms with Gasteiger partial charge in [-0.15, -0.1) is 5.10 Å². The molecule has 210 valence electrons. The lowest BCUT2D eigenvalue weighted by Crippen LogP contribution is -2.49. The van der Waals surface area contributed by atoms with Crippen molar-refractivity contribution in [2.45, 2.75) is 46.2 Å². The van der Waals surface area contributed by atoms with E-state index in [9.17, 15) is 4.79 Å². The molecule has 1 N–H and O–H groups in total. The standard InChI is InChI=1S/C33H37N7O/c1-4-25-12-13-29-27(21-25)22-28(33(41)34-29)31(32-35-36-37-40(32)15-14-26-8-6-5-7-9-26)39-18-16-38(17-19-39)30-20-23(2)10-11-24(30)3/h5-13,20-22,31H,4,14-19H2,1-3H3,(H,34,41)/t31-/m0/s1. The highest BCUT2D eigenvalue weighted by atomic mass is 16.1. The summed E-state index contributed by atoms with van der Waals surface area (Å²) in [5.41, 5.74) is 7.72. The number of aromatic nitrogens is 5. The Balaban J connectivity index is 1.36. The van der Waals surface area contributed by atoms with Gasteiger partial charge in [0.25, 0.3) is 5.56 Å². The Labute approximate surface area is 240 Å². The molecule has 1 aliphatic heterocycles. The van der Waals surface area contributed by atoms with Gasteiger partial charge in [0.05, 0.1) is 0 Å². The second-order valence-corrected chi connectivity index (χ2v) is 11.0. The Bertz CT molecular complexity index is 1700. The van der Waals surface area contributed by atoms with Crippen molar-refractivity contribution in [3.05, 3.63) is 117 Å². The highest BCUT2D eigenvalue weighted by Crippen LogP contribution is 2.30. The van der Waals surface area contributed by atoms with Crippen molar-refractivity contribution in [2.75, 3.05) is 31.1 Å². The van der Waals surface area contributed by atoms with Crippen molar-refractivity contribution in [3.8, 4) is 0 Å². The molecule has 1 atom stereocenters. The SMILES string of the molecule is CCc1ccc2[nH]c(=O)c([C@@H](c3nnnn3CCc3ccccc3)N3CCN(c4cc(C)ccc4C)CC3)cc2c1. The molecular weight excluding hydrogens is 510 g/mol. The Morgan fingerprint density at radius 3 is 2.49 bits per heavy atom. The lowest BCUT2D eigenvalue weighted by atomic mass is 10.0. The minimum absolute atomic E-state index is 0.0960. The molecule has 3 heterocycles. The Morgan fingerprint density at radius 1 is 0.902 bits per heavy atom. The minimum atomic E-state index is -0.361. The summed E-state index contributed by atoms with van der Waals surface area (Å²) in [5.74, 6) is 0.706. The molecule has 0 amide bonds. The number of hydrogen-bond donors (Lipinski definition) is 1. The van der Waals surface area contributed by atoms with E-state index in [1.165, 1.54) is 27.9 Å². The van der Waals surface area contributed by atoms with Crippen molar-refractivity contribution < 1.29 is 0 Å². The lowest BCUT2D eigenvalue weighted by Gasteiger charge is -2.40. The molecule has 0 aliphatic carbocycles. The van der Waals surface area contributed by atoms with Gasteiger partial charge in [0.1, 0.15) is 6.04 Å². The summed E-state index contributed by atoms with van der Waals surface area (Å²) in [7, 11) is 0. The van der Waals surface area contributed by atoms with Crippen LogP contribution in [-0.4, -0.2) is 56.3 Å². The van der Waals surface area contributed by atoms with Crippen LogP contribution < -0.4 is 10.5 Å². The second-order valence-electron chi connectivity index (χ2n) is 11.0. The highest BCUT2D eigenvalue weighted by molar-refractivity contribution is 5.80. The first kappa shape index (κ1) is 26.9. The van der Waals surface area contributed by atoms with Crippen molar-refractivity contribution in [1.82, 2.24) is 30.1 Å². The first-order chi connectivity index (χ1) is 20.0. The van der Waals surface area contributed by atoms with Gasteiger partial charge in [0.2, 0.25) is 0 Å². The average Bonchev–Trinajstić information content (AvgIpc) is 3.46. The van der Waals surface area contributed by atoms with E-state index in [-0.39, 0.29) is 11.6 Å². The Kier molecular flexibility index (Phi) is 7.65. The van der Waals surface area contributed by atoms with Crippen LogP contribution >= 0.6 is 0 Å². The number of anilines is 1. The van der Waals surface area contributed by atoms with Gasteiger partial charge in [-0.1, -0.05) is 55.5 Å². The number of aryl methyl sites for hydroxylation is 5. The van der Waals surface area contributed by atoms with E-state index < -0.39 is 0 Å². The smallest absolute Gasteiger partial charge is 0.253 e. The zero-order valence-electron chi connectivity index (χ0n) is 24.0. The van der Waals surface area contributed by atoms with Crippen LogP contribution in [0.25, 0.3) is 10.9 Å². The van der Waals surface area contributed by atoms with Crippen LogP contribution in [-0.2, 0) is 19.4 Å². The van der Waals surface area contributed by atoms with E-state index in [4.69, 9.17) is 0 Å². The van der Waals surface area contributed by atoms with Crippen molar-refractivity contribution in [1.29, 1.82) is 0 Å². The van der Waals surface area contributed by atoms with Gasteiger partial charge in [0.15, 0.2) is 5.82 Å². The van der Waals surface area contributed by atoms with Gasteiger partial charge in [0, 0.05) is 49.5 Å². The molecule has 1 saturated heterocycles. The summed E-state index contributed by atoms with van der Waals surface area (Å²) in [6.07, 6.45) is 1.74. The van der Waals surface area contributed by atoms with E-state index in [0.717, 1.165) is 49.9 Å². The fourth-order valence-electron chi connectivity index (χ4n) is 5.92. The van der Waals surface area contributed by atoms with Gasteiger partial charge in [-0.05, 0) is 89.0 Å². The minimum Gasteiger partial charge on any atom is -0.369 e. The number of pyridine rings is 1.